The normalized spacial score (nSPS) is 28.9. The van der Waals surface area contributed by atoms with Gasteiger partial charge in [-0.25, -0.2) is 18.0 Å². The molecular formula is C35H47ClN6O8S. The van der Waals surface area contributed by atoms with Crippen molar-refractivity contribution < 1.29 is 37.1 Å². The highest BCUT2D eigenvalue weighted by molar-refractivity contribution is 7.91. The summed E-state index contributed by atoms with van der Waals surface area (Å²) in [6.07, 6.45) is 6.48. The van der Waals surface area contributed by atoms with Crippen LogP contribution in [0.15, 0.2) is 30.4 Å². The van der Waals surface area contributed by atoms with E-state index in [0.29, 0.717) is 43.7 Å². The highest BCUT2D eigenvalue weighted by atomic mass is 35.5. The van der Waals surface area contributed by atoms with Gasteiger partial charge in [0, 0.05) is 29.4 Å². The molecular weight excluding hydrogens is 700 g/mol. The second-order valence-electron chi connectivity index (χ2n) is 15.4. The summed E-state index contributed by atoms with van der Waals surface area (Å²) in [5.41, 5.74) is -0.371. The number of sulfonamides is 1. The Bertz CT molecular complexity index is 1730. The van der Waals surface area contributed by atoms with Crippen LogP contribution in [0.3, 0.4) is 0 Å². The molecule has 5 aliphatic rings. The molecule has 0 spiro atoms. The Morgan fingerprint density at radius 1 is 1.06 bits per heavy atom. The smallest absolute Gasteiger partial charge is 0.410 e. The molecule has 6 rings (SSSR count). The molecule has 3 fully saturated rings. The molecule has 16 heteroatoms. The maximum absolute atomic E-state index is 14.3. The molecule has 2 saturated carbocycles. The fraction of sp³-hybridized carbons (Fsp3) is 0.629. The van der Waals surface area contributed by atoms with Gasteiger partial charge in [-0.1, -0.05) is 48.7 Å². The Morgan fingerprint density at radius 3 is 2.53 bits per heavy atom. The predicted molar refractivity (Wildman–Crippen MR) is 188 cm³/mol. The van der Waals surface area contributed by atoms with Crippen LogP contribution in [0.2, 0.25) is 5.02 Å². The average Bonchev–Trinajstić information content (AvgIpc) is 3.93. The van der Waals surface area contributed by atoms with Crippen molar-refractivity contribution in [3.63, 3.8) is 0 Å². The second-order valence-corrected chi connectivity index (χ2v) is 17.8. The number of fused-ring (bicyclic) bond motifs is 3. The third-order valence-corrected chi connectivity index (χ3v) is 12.3. The molecule has 0 aromatic heterocycles. The fourth-order valence-corrected chi connectivity index (χ4v) is 8.73. The first kappa shape index (κ1) is 36.9. The molecule has 3 aliphatic heterocycles. The number of amides is 6. The van der Waals surface area contributed by atoms with Gasteiger partial charge < -0.3 is 25.6 Å². The topological polar surface area (TPSA) is 183 Å². The second kappa shape index (κ2) is 14.3. The zero-order valence-electron chi connectivity index (χ0n) is 29.2. The summed E-state index contributed by atoms with van der Waals surface area (Å²) in [6.45, 7) is 5.87. The van der Waals surface area contributed by atoms with E-state index in [-0.39, 0.29) is 25.9 Å². The number of nitrogens with one attached hydrogen (secondary N) is 4. The van der Waals surface area contributed by atoms with Crippen LogP contribution in [-0.2, 0) is 42.2 Å². The number of nitrogens with zero attached hydrogens (tertiary/aromatic N) is 2. The van der Waals surface area contributed by atoms with E-state index in [4.69, 9.17) is 16.3 Å². The minimum absolute atomic E-state index is 0.0651. The van der Waals surface area contributed by atoms with Crippen LogP contribution in [0.25, 0.3) is 0 Å². The van der Waals surface area contributed by atoms with E-state index in [2.05, 4.69) is 20.7 Å². The van der Waals surface area contributed by atoms with Gasteiger partial charge in [0.1, 0.15) is 23.7 Å². The van der Waals surface area contributed by atoms with Crippen LogP contribution in [0.1, 0.15) is 89.7 Å². The van der Waals surface area contributed by atoms with Crippen LogP contribution >= 0.6 is 11.6 Å². The SMILES string of the molecule is CC(C)(C)NC(=O)N[C@H]1CCCCC/C=C\[C@@H]2C[C@@]2(C(=O)NS(=O)(=O)C2CC2)NC(=O)[C@@H]2C[C@@H](OC(=O)N3Cc4cccc(Cl)c4C3)CN2C1=O. The molecule has 1 aromatic rings. The number of allylic oxidation sites excluding steroid dienone is 1. The van der Waals surface area contributed by atoms with Crippen molar-refractivity contribution in [2.75, 3.05) is 6.54 Å². The van der Waals surface area contributed by atoms with Gasteiger partial charge in [0.05, 0.1) is 18.3 Å². The van der Waals surface area contributed by atoms with E-state index in [0.717, 1.165) is 24.0 Å². The number of urea groups is 1. The summed E-state index contributed by atoms with van der Waals surface area (Å²) in [4.78, 5) is 71.3. The van der Waals surface area contributed by atoms with Crippen LogP contribution < -0.4 is 20.7 Å². The van der Waals surface area contributed by atoms with E-state index in [9.17, 15) is 32.4 Å². The predicted octanol–water partition coefficient (Wildman–Crippen LogP) is 3.23. The number of benzene rings is 1. The summed E-state index contributed by atoms with van der Waals surface area (Å²) in [5.74, 6) is -2.45. The summed E-state index contributed by atoms with van der Waals surface area (Å²) < 4.78 is 33.6. The highest BCUT2D eigenvalue weighted by Crippen LogP contribution is 2.46. The fourth-order valence-electron chi connectivity index (χ4n) is 7.11. The summed E-state index contributed by atoms with van der Waals surface area (Å²) in [7, 11) is -3.90. The van der Waals surface area contributed by atoms with E-state index < -0.39 is 80.3 Å². The van der Waals surface area contributed by atoms with Crippen molar-refractivity contribution in [2.45, 2.75) is 126 Å². The number of hydrogen-bond donors (Lipinski definition) is 4. The average molecular weight is 747 g/mol. The Balaban J connectivity index is 1.25. The highest BCUT2D eigenvalue weighted by Gasteiger charge is 2.62. The van der Waals surface area contributed by atoms with Crippen LogP contribution in [-0.4, -0.2) is 89.1 Å². The van der Waals surface area contributed by atoms with Crippen molar-refractivity contribution in [2.24, 2.45) is 5.92 Å². The zero-order valence-corrected chi connectivity index (χ0v) is 30.8. The number of carbonyl (C=O) groups is 5. The molecule has 6 amide bonds. The first-order chi connectivity index (χ1) is 24.1. The van der Waals surface area contributed by atoms with Crippen molar-refractivity contribution in [1.29, 1.82) is 0 Å². The lowest BCUT2D eigenvalue weighted by Crippen LogP contribution is -2.59. The molecule has 278 valence electrons. The van der Waals surface area contributed by atoms with Gasteiger partial charge in [0.25, 0.3) is 5.91 Å². The molecule has 3 heterocycles. The molecule has 1 saturated heterocycles. The largest absolute Gasteiger partial charge is 0.444 e. The minimum atomic E-state index is -3.90. The molecule has 1 aromatic carbocycles. The van der Waals surface area contributed by atoms with E-state index in [1.54, 1.807) is 6.07 Å². The molecule has 0 radical (unpaired) electrons. The van der Waals surface area contributed by atoms with E-state index in [1.165, 1.54) is 9.80 Å². The number of ether oxygens (including phenoxy) is 1. The molecule has 51 heavy (non-hydrogen) atoms. The first-order valence-electron chi connectivity index (χ1n) is 17.7. The maximum atomic E-state index is 14.3. The molecule has 0 bridgehead atoms. The van der Waals surface area contributed by atoms with Crippen molar-refractivity contribution in [3.05, 3.63) is 46.5 Å². The Labute approximate surface area is 303 Å². The van der Waals surface area contributed by atoms with Crippen molar-refractivity contribution >= 4 is 51.5 Å². The Kier molecular flexibility index (Phi) is 10.3. The number of halogens is 1. The number of rotatable bonds is 5. The van der Waals surface area contributed by atoms with Gasteiger partial charge in [-0.15, -0.1) is 0 Å². The first-order valence-corrected chi connectivity index (χ1v) is 19.6. The van der Waals surface area contributed by atoms with Gasteiger partial charge >= 0.3 is 12.1 Å². The van der Waals surface area contributed by atoms with E-state index >= 15 is 0 Å². The molecule has 2 aliphatic carbocycles. The van der Waals surface area contributed by atoms with Gasteiger partial charge in [-0.05, 0) is 76.5 Å². The van der Waals surface area contributed by atoms with Crippen LogP contribution in [0.4, 0.5) is 9.59 Å². The minimum Gasteiger partial charge on any atom is -0.444 e. The molecule has 5 atom stereocenters. The van der Waals surface area contributed by atoms with Gasteiger partial charge in [0.15, 0.2) is 0 Å². The van der Waals surface area contributed by atoms with Gasteiger partial charge in [0.2, 0.25) is 21.8 Å². The quantitative estimate of drug-likeness (QED) is 0.331. The number of carbonyl (C=O) groups excluding carboxylic acids is 5. The van der Waals surface area contributed by atoms with Crippen LogP contribution in [0.5, 0.6) is 0 Å². The van der Waals surface area contributed by atoms with E-state index in [1.807, 2.05) is 45.1 Å². The van der Waals surface area contributed by atoms with Crippen molar-refractivity contribution in [1.82, 2.24) is 30.5 Å². The van der Waals surface area contributed by atoms with Crippen LogP contribution in [0, 0.1) is 5.92 Å². The Hall–Kier alpha value is -3.85. The lowest BCUT2D eigenvalue weighted by Gasteiger charge is -2.30. The molecule has 4 N–H and O–H groups in total. The number of hydrogen-bond acceptors (Lipinski definition) is 8. The Morgan fingerprint density at radius 2 is 1.82 bits per heavy atom. The third-order valence-electron chi connectivity index (χ3n) is 10.1. The maximum Gasteiger partial charge on any atom is 0.410 e. The molecule has 14 nitrogen and oxygen atoms in total. The summed E-state index contributed by atoms with van der Waals surface area (Å²) in [6, 6.07) is 2.75. The lowest BCUT2D eigenvalue weighted by molar-refractivity contribution is -0.141. The van der Waals surface area contributed by atoms with Crippen molar-refractivity contribution in [3.8, 4) is 0 Å². The van der Waals surface area contributed by atoms with Gasteiger partial charge in [-0.2, -0.15) is 0 Å². The molecule has 0 unspecified atom stereocenters. The zero-order chi connectivity index (χ0) is 36.7. The summed E-state index contributed by atoms with van der Waals surface area (Å²) >= 11 is 6.35. The third kappa shape index (κ3) is 8.45. The standard InChI is InChI=1S/C35H47ClN6O8S/c1-34(2,3)39-32(46)37-27-13-8-6-4-5-7-11-22-17-35(22,31(45)40-51(48,49)24-14-15-24)38-29(43)28-16-23(19-42(28)30(27)44)50-33(47)41-18-21-10-9-12-26(36)25(21)20-41/h7,9-12,22-24,27-28H,4-6,8,13-20H2,1-3H3,(H,38,43)(H,40,45)(H2,37,39,46)/b11-7-/t22-,23-,27+,28+,35-/m1/s1. The summed E-state index contributed by atoms with van der Waals surface area (Å²) in [5, 5.41) is 8.34. The van der Waals surface area contributed by atoms with Gasteiger partial charge in [-0.3, -0.25) is 24.0 Å². The monoisotopic (exact) mass is 746 g/mol. The lowest BCUT2D eigenvalue weighted by atomic mass is 10.0.